The minimum Gasteiger partial charge on any atom is -0.408 e. The fraction of sp³-hybridized carbons (Fsp3) is 0.0667. The Morgan fingerprint density at radius 1 is 1.17 bits per heavy atom. The molecule has 0 aliphatic rings. The van der Waals surface area contributed by atoms with E-state index in [2.05, 4.69) is 5.32 Å². The average molecular weight is 313 g/mol. The summed E-state index contributed by atoms with van der Waals surface area (Å²) in [4.78, 5) is 34.3. The van der Waals surface area contributed by atoms with Crippen molar-refractivity contribution >= 4 is 28.4 Å². The Morgan fingerprint density at radius 2 is 1.87 bits per heavy atom. The lowest BCUT2D eigenvalue weighted by Crippen LogP contribution is -2.25. The molecular formula is C15H11N3O5. The Labute approximate surface area is 129 Å². The summed E-state index contributed by atoms with van der Waals surface area (Å²) >= 11 is 0. The Balaban J connectivity index is 1.86. The predicted octanol–water partition coefficient (Wildman–Crippen LogP) is 2.14. The zero-order valence-corrected chi connectivity index (χ0v) is 11.8. The monoisotopic (exact) mass is 313 g/mol. The number of amides is 1. The number of hydrogen-bond donors (Lipinski definition) is 1. The van der Waals surface area contributed by atoms with E-state index in [-0.39, 0.29) is 17.9 Å². The third-order valence-electron chi connectivity index (χ3n) is 3.25. The predicted molar refractivity (Wildman–Crippen MR) is 82.2 cm³/mol. The average Bonchev–Trinajstić information content (AvgIpc) is 2.83. The van der Waals surface area contributed by atoms with Gasteiger partial charge in [0.1, 0.15) is 12.2 Å². The Kier molecular flexibility index (Phi) is 3.63. The molecule has 0 spiro atoms. The van der Waals surface area contributed by atoms with Crippen LogP contribution in [-0.2, 0) is 11.3 Å². The van der Waals surface area contributed by atoms with Crippen LogP contribution in [0.2, 0.25) is 0 Å². The van der Waals surface area contributed by atoms with Crippen molar-refractivity contribution in [2.24, 2.45) is 0 Å². The van der Waals surface area contributed by atoms with Crippen LogP contribution in [0, 0.1) is 10.1 Å². The number of oxazole rings is 1. The Morgan fingerprint density at radius 3 is 2.65 bits per heavy atom. The van der Waals surface area contributed by atoms with Crippen molar-refractivity contribution in [2.45, 2.75) is 6.54 Å². The molecule has 3 aromatic rings. The molecule has 1 aromatic heterocycles. The summed E-state index contributed by atoms with van der Waals surface area (Å²) in [7, 11) is 0. The van der Waals surface area contributed by atoms with E-state index in [4.69, 9.17) is 4.42 Å². The molecule has 0 saturated carbocycles. The van der Waals surface area contributed by atoms with Crippen LogP contribution in [0.4, 0.5) is 11.4 Å². The van der Waals surface area contributed by atoms with Gasteiger partial charge in [-0.2, -0.15) is 0 Å². The van der Waals surface area contributed by atoms with E-state index in [9.17, 15) is 19.7 Å². The van der Waals surface area contributed by atoms with Gasteiger partial charge in [-0.1, -0.05) is 24.3 Å². The van der Waals surface area contributed by atoms with Crippen LogP contribution in [0.25, 0.3) is 11.1 Å². The van der Waals surface area contributed by atoms with Crippen molar-refractivity contribution in [2.75, 3.05) is 5.32 Å². The lowest BCUT2D eigenvalue weighted by molar-refractivity contribution is -0.383. The van der Waals surface area contributed by atoms with Crippen LogP contribution in [0.15, 0.2) is 57.7 Å². The molecule has 3 rings (SSSR count). The smallest absolute Gasteiger partial charge is 0.408 e. The highest BCUT2D eigenvalue weighted by Crippen LogP contribution is 2.23. The molecule has 23 heavy (non-hydrogen) atoms. The number of hydrogen-bond acceptors (Lipinski definition) is 5. The van der Waals surface area contributed by atoms with Crippen LogP contribution >= 0.6 is 0 Å². The molecule has 0 fully saturated rings. The van der Waals surface area contributed by atoms with E-state index < -0.39 is 16.6 Å². The maximum atomic E-state index is 12.1. The molecule has 1 N–H and O–H groups in total. The minimum absolute atomic E-state index is 0.0725. The van der Waals surface area contributed by atoms with Crippen molar-refractivity contribution in [3.63, 3.8) is 0 Å². The van der Waals surface area contributed by atoms with Gasteiger partial charge in [0, 0.05) is 6.07 Å². The third-order valence-corrected chi connectivity index (χ3v) is 3.25. The van der Waals surface area contributed by atoms with Gasteiger partial charge in [-0.15, -0.1) is 0 Å². The van der Waals surface area contributed by atoms with Gasteiger partial charge in [0.25, 0.3) is 5.69 Å². The number of nitro groups is 1. The fourth-order valence-corrected chi connectivity index (χ4v) is 2.24. The van der Waals surface area contributed by atoms with E-state index >= 15 is 0 Å². The van der Waals surface area contributed by atoms with Crippen LogP contribution < -0.4 is 11.1 Å². The Hall–Kier alpha value is -3.42. The molecule has 0 aliphatic carbocycles. The third kappa shape index (κ3) is 2.82. The second kappa shape index (κ2) is 5.76. The number of benzene rings is 2. The summed E-state index contributed by atoms with van der Waals surface area (Å²) in [6, 6.07) is 12.5. The second-order valence-corrected chi connectivity index (χ2v) is 4.74. The lowest BCUT2D eigenvalue weighted by atomic mass is 10.2. The van der Waals surface area contributed by atoms with Crippen LogP contribution in [0.5, 0.6) is 0 Å². The SMILES string of the molecule is O=C(Cn1c(=O)oc2ccccc21)Nc1ccccc1[N+](=O)[O-]. The van der Waals surface area contributed by atoms with Crippen molar-refractivity contribution in [3.8, 4) is 0 Å². The molecule has 1 heterocycles. The molecule has 2 aromatic carbocycles. The zero-order valence-electron chi connectivity index (χ0n) is 11.8. The standard InChI is InChI=1S/C15H11N3O5/c19-14(16-10-5-1-2-6-11(10)18(21)22)9-17-12-7-3-4-8-13(12)23-15(17)20/h1-8H,9H2,(H,16,19). The van der Waals surface area contributed by atoms with Gasteiger partial charge in [0.2, 0.25) is 5.91 Å². The van der Waals surface area contributed by atoms with E-state index in [0.29, 0.717) is 11.1 Å². The summed E-state index contributed by atoms with van der Waals surface area (Å²) in [6.07, 6.45) is 0. The van der Waals surface area contributed by atoms with Crippen molar-refractivity contribution < 1.29 is 14.1 Å². The molecule has 1 amide bonds. The molecule has 0 radical (unpaired) electrons. The molecule has 8 heteroatoms. The van der Waals surface area contributed by atoms with Gasteiger partial charge in [-0.25, -0.2) is 4.79 Å². The highest BCUT2D eigenvalue weighted by atomic mass is 16.6. The fourth-order valence-electron chi connectivity index (χ4n) is 2.24. The first-order chi connectivity index (χ1) is 11.1. The molecule has 0 atom stereocenters. The molecule has 0 aliphatic heterocycles. The minimum atomic E-state index is -0.663. The van der Waals surface area contributed by atoms with E-state index in [0.717, 1.165) is 0 Å². The number of nitrogens with zero attached hydrogens (tertiary/aromatic N) is 2. The van der Waals surface area contributed by atoms with Crippen molar-refractivity contribution in [1.82, 2.24) is 4.57 Å². The number of aromatic nitrogens is 1. The first kappa shape index (κ1) is 14.5. The van der Waals surface area contributed by atoms with Crippen LogP contribution in [0.3, 0.4) is 0 Å². The maximum Gasteiger partial charge on any atom is 0.420 e. The summed E-state index contributed by atoms with van der Waals surface area (Å²) in [5.74, 6) is -1.23. The molecular weight excluding hydrogens is 302 g/mol. The molecule has 8 nitrogen and oxygen atoms in total. The number of carbonyl (C=O) groups excluding carboxylic acids is 1. The van der Waals surface area contributed by atoms with Crippen LogP contribution in [-0.4, -0.2) is 15.4 Å². The number of nitrogens with one attached hydrogen (secondary N) is 1. The Bertz CT molecular complexity index is 957. The van der Waals surface area contributed by atoms with E-state index in [1.54, 1.807) is 30.3 Å². The van der Waals surface area contributed by atoms with Crippen LogP contribution in [0.1, 0.15) is 0 Å². The number of nitro benzene ring substituents is 1. The van der Waals surface area contributed by atoms with Gasteiger partial charge in [-0.3, -0.25) is 19.5 Å². The summed E-state index contributed by atoms with van der Waals surface area (Å²) in [5, 5.41) is 13.4. The second-order valence-electron chi connectivity index (χ2n) is 4.74. The van der Waals surface area contributed by atoms with E-state index in [1.165, 1.54) is 22.8 Å². The first-order valence-electron chi connectivity index (χ1n) is 6.68. The largest absolute Gasteiger partial charge is 0.420 e. The van der Waals surface area contributed by atoms with E-state index in [1.807, 2.05) is 0 Å². The van der Waals surface area contributed by atoms with Gasteiger partial charge in [0.15, 0.2) is 5.58 Å². The summed E-state index contributed by atoms with van der Waals surface area (Å²) in [5.41, 5.74) is 0.708. The first-order valence-corrected chi connectivity index (χ1v) is 6.68. The summed E-state index contributed by atoms with van der Waals surface area (Å²) in [6.45, 7) is -0.304. The maximum absolute atomic E-state index is 12.1. The van der Waals surface area contributed by atoms with Gasteiger partial charge >= 0.3 is 5.76 Å². The number of anilines is 1. The highest BCUT2D eigenvalue weighted by molar-refractivity contribution is 5.93. The van der Waals surface area contributed by atoms with Gasteiger partial charge in [-0.05, 0) is 18.2 Å². The number of fused-ring (bicyclic) bond motifs is 1. The molecule has 0 unspecified atom stereocenters. The molecule has 0 saturated heterocycles. The van der Waals surface area contributed by atoms with Gasteiger partial charge in [0.05, 0.1) is 10.4 Å². The van der Waals surface area contributed by atoms with Gasteiger partial charge < -0.3 is 9.73 Å². The van der Waals surface area contributed by atoms with Crippen molar-refractivity contribution in [3.05, 3.63) is 69.2 Å². The number of para-hydroxylation sites is 4. The molecule has 116 valence electrons. The zero-order chi connectivity index (χ0) is 16.4. The number of carbonyl (C=O) groups is 1. The highest BCUT2D eigenvalue weighted by Gasteiger charge is 2.17. The summed E-state index contributed by atoms with van der Waals surface area (Å²) < 4.78 is 6.20. The normalized spacial score (nSPS) is 10.6. The number of rotatable bonds is 4. The topological polar surface area (TPSA) is 107 Å². The molecule has 0 bridgehead atoms. The quantitative estimate of drug-likeness (QED) is 0.586. The lowest BCUT2D eigenvalue weighted by Gasteiger charge is -2.06. The van der Waals surface area contributed by atoms with Crippen molar-refractivity contribution in [1.29, 1.82) is 0 Å².